The van der Waals surface area contributed by atoms with Gasteiger partial charge in [0.2, 0.25) is 0 Å². The smallest absolute Gasteiger partial charge is 0.144 e. The van der Waals surface area contributed by atoms with E-state index in [1.165, 1.54) is 111 Å². The summed E-state index contributed by atoms with van der Waals surface area (Å²) < 4.78 is 7.33. The molecule has 0 saturated heterocycles. The summed E-state index contributed by atoms with van der Waals surface area (Å²) in [6, 6.07) is 77.7. The molecule has 312 valence electrons. The van der Waals surface area contributed by atoms with Crippen LogP contribution < -0.4 is 0 Å². The topological polar surface area (TPSA) is 13.1 Å². The van der Waals surface area contributed by atoms with Crippen LogP contribution in [0.3, 0.4) is 0 Å². The van der Waals surface area contributed by atoms with E-state index in [1.807, 2.05) is 0 Å². The van der Waals surface area contributed by atoms with Gasteiger partial charge in [-0.2, -0.15) is 0 Å². The molecule has 0 fully saturated rings. The van der Waals surface area contributed by atoms with E-state index < -0.39 is 5.41 Å². The van der Waals surface area contributed by atoms with Crippen LogP contribution >= 0.6 is 0 Å². The quantitative estimate of drug-likeness (QED) is 0.172. The summed E-state index contributed by atoms with van der Waals surface area (Å²) in [7, 11) is 0. The Morgan fingerprint density at radius 3 is 1.38 bits per heavy atom. The Balaban J connectivity index is 1.13. The normalized spacial score (nSPS) is 15.3. The summed E-state index contributed by atoms with van der Waals surface area (Å²) in [5, 5.41) is 4.76. The molecule has 1 nitrogen and oxygen atoms in total. The molecule has 11 aromatic rings. The summed E-state index contributed by atoms with van der Waals surface area (Å²) in [6.45, 7) is 9.52. The van der Waals surface area contributed by atoms with Crippen LogP contribution in [0.1, 0.15) is 72.2 Å². The molecule has 3 aliphatic rings. The van der Waals surface area contributed by atoms with Crippen LogP contribution in [0.2, 0.25) is 0 Å². The van der Waals surface area contributed by atoms with E-state index in [1.54, 1.807) is 0 Å². The molecule has 0 radical (unpaired) electrons. The summed E-state index contributed by atoms with van der Waals surface area (Å²) in [5.41, 5.74) is 24.0. The van der Waals surface area contributed by atoms with Crippen molar-refractivity contribution in [1.29, 1.82) is 0 Å². The maximum absolute atomic E-state index is 7.33. The fourth-order valence-electron chi connectivity index (χ4n) is 12.9. The first kappa shape index (κ1) is 37.6. The standard InChI is InChI=1S/C65H46O/c1-63(2)52-28-16-13-24-44(52)46-33-31-39(35-54(46)63)50-37-56-60(48-26-12-11-23-43(48)50)61-57(65(56,41-19-7-5-8-20-41)42-21-9-6-10-22-42)38-51(59-49-27-15-18-30-58(49)66-62(59)61)40-32-34-47-45-25-14-17-29-53(45)64(3,4)55(47)36-40/h5-38H,1-4H3. The van der Waals surface area contributed by atoms with Crippen LogP contribution in [0.4, 0.5) is 0 Å². The second-order valence-electron chi connectivity index (χ2n) is 19.9. The molecular weight excluding hydrogens is 797 g/mol. The minimum absolute atomic E-state index is 0.124. The van der Waals surface area contributed by atoms with Crippen molar-refractivity contribution in [2.45, 2.75) is 43.9 Å². The van der Waals surface area contributed by atoms with Crippen molar-refractivity contribution in [3.05, 3.63) is 251 Å². The first-order chi connectivity index (χ1) is 32.3. The number of hydrogen-bond acceptors (Lipinski definition) is 1. The SMILES string of the molecule is CC1(C)c2ccccc2-c2ccc(-c3cc4c(c5ccccc35)-c3c(cc(-c5ccc6c(c5)C(C)(C)c5ccccc5-6)c5c3oc3ccccc35)C4(c3ccccc3)c3ccccc3)cc21. The summed E-state index contributed by atoms with van der Waals surface area (Å²) in [4.78, 5) is 0. The molecule has 3 aliphatic carbocycles. The second kappa shape index (κ2) is 13.2. The number of benzene rings is 10. The second-order valence-corrected chi connectivity index (χ2v) is 19.9. The fraction of sp³-hybridized carbons (Fsp3) is 0.108. The molecule has 10 aromatic carbocycles. The van der Waals surface area contributed by atoms with Crippen LogP contribution in [0, 0.1) is 0 Å². The monoisotopic (exact) mass is 842 g/mol. The van der Waals surface area contributed by atoms with E-state index in [0.29, 0.717) is 0 Å². The third kappa shape index (κ3) is 4.75. The highest BCUT2D eigenvalue weighted by atomic mass is 16.3. The molecule has 14 rings (SSSR count). The van der Waals surface area contributed by atoms with Gasteiger partial charge in [-0.25, -0.2) is 0 Å². The first-order valence-electron chi connectivity index (χ1n) is 23.4. The van der Waals surface area contributed by atoms with Gasteiger partial charge in [-0.15, -0.1) is 0 Å². The number of furan rings is 1. The van der Waals surface area contributed by atoms with Gasteiger partial charge < -0.3 is 4.42 Å². The Morgan fingerprint density at radius 1 is 0.318 bits per heavy atom. The highest BCUT2D eigenvalue weighted by molar-refractivity contribution is 6.22. The molecule has 0 bridgehead atoms. The van der Waals surface area contributed by atoms with Crippen LogP contribution in [0.25, 0.3) is 88.3 Å². The number of hydrogen-bond donors (Lipinski definition) is 0. The van der Waals surface area contributed by atoms with Crippen LogP contribution in [0.5, 0.6) is 0 Å². The molecule has 1 heterocycles. The van der Waals surface area contributed by atoms with Crippen molar-refractivity contribution >= 4 is 32.7 Å². The lowest BCUT2D eigenvalue weighted by Crippen LogP contribution is -2.28. The highest BCUT2D eigenvalue weighted by Gasteiger charge is 2.49. The van der Waals surface area contributed by atoms with E-state index in [0.717, 1.165) is 21.9 Å². The molecule has 0 saturated carbocycles. The van der Waals surface area contributed by atoms with E-state index in [4.69, 9.17) is 4.42 Å². The average Bonchev–Trinajstić information content (AvgIpc) is 4.04. The predicted octanol–water partition coefficient (Wildman–Crippen LogP) is 17.0. The van der Waals surface area contributed by atoms with Gasteiger partial charge in [0.15, 0.2) is 0 Å². The molecule has 66 heavy (non-hydrogen) atoms. The molecule has 0 atom stereocenters. The molecule has 0 aliphatic heterocycles. The molecule has 0 amide bonds. The molecule has 1 heteroatoms. The number of para-hydroxylation sites is 1. The zero-order chi connectivity index (χ0) is 44.1. The minimum Gasteiger partial charge on any atom is -0.455 e. The Labute approximate surface area is 385 Å². The van der Waals surface area contributed by atoms with Gasteiger partial charge in [-0.3, -0.25) is 0 Å². The highest BCUT2D eigenvalue weighted by Crippen LogP contribution is 2.63. The largest absolute Gasteiger partial charge is 0.455 e. The van der Waals surface area contributed by atoms with Gasteiger partial charge in [0.05, 0.1) is 5.41 Å². The van der Waals surface area contributed by atoms with Gasteiger partial charge in [0.25, 0.3) is 0 Å². The van der Waals surface area contributed by atoms with Crippen molar-refractivity contribution in [2.75, 3.05) is 0 Å². The summed E-state index contributed by atoms with van der Waals surface area (Å²) >= 11 is 0. The lowest BCUT2D eigenvalue weighted by molar-refractivity contribution is 0.660. The van der Waals surface area contributed by atoms with Crippen molar-refractivity contribution in [3.8, 4) is 55.6 Å². The average molecular weight is 843 g/mol. The van der Waals surface area contributed by atoms with Crippen molar-refractivity contribution < 1.29 is 4.42 Å². The zero-order valence-electron chi connectivity index (χ0n) is 37.5. The zero-order valence-corrected chi connectivity index (χ0v) is 37.5. The van der Waals surface area contributed by atoms with Crippen molar-refractivity contribution in [3.63, 3.8) is 0 Å². The van der Waals surface area contributed by atoms with Gasteiger partial charge in [0, 0.05) is 27.2 Å². The van der Waals surface area contributed by atoms with Gasteiger partial charge in [0.1, 0.15) is 11.2 Å². The molecule has 0 spiro atoms. The number of fused-ring (bicyclic) bond motifs is 15. The van der Waals surface area contributed by atoms with Gasteiger partial charge in [-0.05, 0) is 136 Å². The van der Waals surface area contributed by atoms with E-state index in [2.05, 4.69) is 234 Å². The van der Waals surface area contributed by atoms with Crippen LogP contribution in [0.15, 0.2) is 211 Å². The Hall–Kier alpha value is -7.74. The van der Waals surface area contributed by atoms with Gasteiger partial charge >= 0.3 is 0 Å². The third-order valence-corrected chi connectivity index (χ3v) is 16.0. The van der Waals surface area contributed by atoms with Crippen LogP contribution in [-0.2, 0) is 16.2 Å². The summed E-state index contributed by atoms with van der Waals surface area (Å²) in [5.74, 6) is 0. The maximum Gasteiger partial charge on any atom is 0.144 e. The van der Waals surface area contributed by atoms with Crippen molar-refractivity contribution in [2.24, 2.45) is 0 Å². The maximum atomic E-state index is 7.33. The first-order valence-corrected chi connectivity index (χ1v) is 23.4. The van der Waals surface area contributed by atoms with Crippen molar-refractivity contribution in [1.82, 2.24) is 0 Å². The van der Waals surface area contributed by atoms with E-state index in [-0.39, 0.29) is 10.8 Å². The predicted molar refractivity (Wildman–Crippen MR) is 275 cm³/mol. The minimum atomic E-state index is -0.688. The lowest BCUT2D eigenvalue weighted by Gasteiger charge is -2.34. The Morgan fingerprint density at radius 2 is 0.773 bits per heavy atom. The Bertz CT molecular complexity index is 3820. The van der Waals surface area contributed by atoms with E-state index >= 15 is 0 Å². The lowest BCUT2D eigenvalue weighted by atomic mass is 9.66. The Kier molecular flexibility index (Phi) is 7.51. The molecule has 0 N–H and O–H groups in total. The molecule has 0 unspecified atom stereocenters. The summed E-state index contributed by atoms with van der Waals surface area (Å²) in [6.07, 6.45) is 0. The third-order valence-electron chi connectivity index (χ3n) is 16.0. The number of rotatable bonds is 4. The fourth-order valence-corrected chi connectivity index (χ4v) is 12.9. The van der Waals surface area contributed by atoms with Crippen LogP contribution in [-0.4, -0.2) is 0 Å². The van der Waals surface area contributed by atoms with E-state index in [9.17, 15) is 0 Å². The molecular formula is C65H46O. The van der Waals surface area contributed by atoms with Gasteiger partial charge in [-0.1, -0.05) is 204 Å². The molecule has 1 aromatic heterocycles.